The van der Waals surface area contributed by atoms with Gasteiger partial charge >= 0.3 is 6.03 Å². The van der Waals surface area contributed by atoms with Crippen molar-refractivity contribution in [2.75, 3.05) is 22.9 Å². The van der Waals surface area contributed by atoms with Crippen LogP contribution >= 0.6 is 0 Å². The Morgan fingerprint density at radius 1 is 0.885 bits per heavy atom. The number of hydrogen-bond donors (Lipinski definition) is 1. The van der Waals surface area contributed by atoms with Crippen molar-refractivity contribution in [2.45, 2.75) is 44.6 Å². The highest BCUT2D eigenvalue weighted by Crippen LogP contribution is 2.35. The molecule has 0 radical (unpaired) electrons. The number of amides is 2. The fraction of sp³-hybridized carbons (Fsp3) is 0.409. The Balaban J connectivity index is 1.52. The van der Waals surface area contributed by atoms with E-state index in [-0.39, 0.29) is 12.6 Å². The molecule has 1 saturated heterocycles. The third-order valence-electron chi connectivity index (χ3n) is 5.70. The molecular weight excluding hydrogens is 324 g/mol. The van der Waals surface area contributed by atoms with Gasteiger partial charge < -0.3 is 5.11 Å². The Kier molecular flexibility index (Phi) is 4.93. The molecule has 4 rings (SSSR count). The predicted octanol–water partition coefficient (Wildman–Crippen LogP) is 4.67. The Morgan fingerprint density at radius 3 is 2.27 bits per heavy atom. The van der Waals surface area contributed by atoms with Crippen molar-refractivity contribution in [1.82, 2.24) is 0 Å². The van der Waals surface area contributed by atoms with E-state index in [1.807, 2.05) is 40.1 Å². The van der Waals surface area contributed by atoms with Crippen LogP contribution in [0.1, 0.15) is 49.1 Å². The van der Waals surface area contributed by atoms with Crippen LogP contribution in [0.15, 0.2) is 48.5 Å². The third-order valence-corrected chi connectivity index (χ3v) is 5.70. The fourth-order valence-corrected chi connectivity index (χ4v) is 4.18. The van der Waals surface area contributed by atoms with Gasteiger partial charge in [-0.1, -0.05) is 43.5 Å². The number of benzene rings is 2. The molecule has 26 heavy (non-hydrogen) atoms. The maximum absolute atomic E-state index is 13.0. The normalized spacial score (nSPS) is 18.6. The van der Waals surface area contributed by atoms with Crippen LogP contribution in [0.5, 0.6) is 0 Å². The van der Waals surface area contributed by atoms with Crippen molar-refractivity contribution < 1.29 is 9.90 Å². The molecular formula is C22H26N2O2. The molecule has 1 aliphatic carbocycles. The van der Waals surface area contributed by atoms with Crippen LogP contribution in [0.25, 0.3) is 0 Å². The van der Waals surface area contributed by atoms with E-state index in [2.05, 4.69) is 18.2 Å². The highest BCUT2D eigenvalue weighted by atomic mass is 16.3. The summed E-state index contributed by atoms with van der Waals surface area (Å²) in [4.78, 5) is 16.6. The van der Waals surface area contributed by atoms with Crippen LogP contribution in [0.2, 0.25) is 0 Å². The highest BCUT2D eigenvalue weighted by Gasteiger charge is 2.31. The van der Waals surface area contributed by atoms with Crippen LogP contribution in [0.4, 0.5) is 16.2 Å². The maximum Gasteiger partial charge on any atom is 0.329 e. The van der Waals surface area contributed by atoms with Crippen LogP contribution in [-0.2, 0) is 6.61 Å². The molecule has 0 atom stereocenters. The van der Waals surface area contributed by atoms with Gasteiger partial charge in [0.05, 0.1) is 6.61 Å². The number of aliphatic hydroxyl groups is 1. The van der Waals surface area contributed by atoms with Gasteiger partial charge in [0.2, 0.25) is 0 Å². The topological polar surface area (TPSA) is 43.8 Å². The number of nitrogens with zero attached hydrogens (tertiary/aromatic N) is 2. The van der Waals surface area contributed by atoms with Crippen molar-refractivity contribution >= 4 is 17.4 Å². The Morgan fingerprint density at radius 2 is 1.58 bits per heavy atom. The minimum atomic E-state index is 0.0221. The summed E-state index contributed by atoms with van der Waals surface area (Å²) in [6.07, 6.45) is 6.51. The molecule has 2 aromatic rings. The second kappa shape index (κ2) is 7.50. The van der Waals surface area contributed by atoms with Crippen molar-refractivity contribution in [2.24, 2.45) is 0 Å². The van der Waals surface area contributed by atoms with Crippen molar-refractivity contribution in [3.63, 3.8) is 0 Å². The molecule has 2 aliphatic rings. The summed E-state index contributed by atoms with van der Waals surface area (Å²) in [7, 11) is 0. The molecule has 1 heterocycles. The molecule has 4 heteroatoms. The molecule has 1 N–H and O–H groups in total. The third kappa shape index (κ3) is 3.34. The van der Waals surface area contributed by atoms with E-state index in [1.54, 1.807) is 0 Å². The molecule has 0 aromatic heterocycles. The Hall–Kier alpha value is -2.33. The Labute approximate surface area is 155 Å². The Bertz CT molecular complexity index is 766. The van der Waals surface area contributed by atoms with E-state index in [0.29, 0.717) is 19.0 Å². The van der Waals surface area contributed by atoms with E-state index >= 15 is 0 Å². The number of hydrogen-bond acceptors (Lipinski definition) is 2. The lowest BCUT2D eigenvalue weighted by atomic mass is 9.84. The molecule has 0 spiro atoms. The molecule has 2 aromatic carbocycles. The van der Waals surface area contributed by atoms with Crippen LogP contribution in [0.3, 0.4) is 0 Å². The van der Waals surface area contributed by atoms with E-state index in [0.717, 1.165) is 16.9 Å². The van der Waals surface area contributed by atoms with Gasteiger partial charge in [-0.15, -0.1) is 0 Å². The zero-order valence-corrected chi connectivity index (χ0v) is 15.1. The van der Waals surface area contributed by atoms with Gasteiger partial charge in [0, 0.05) is 24.5 Å². The van der Waals surface area contributed by atoms with Crippen molar-refractivity contribution in [3.8, 4) is 0 Å². The summed E-state index contributed by atoms with van der Waals surface area (Å²) >= 11 is 0. The average Bonchev–Trinajstić information content (AvgIpc) is 3.10. The number of rotatable bonds is 4. The van der Waals surface area contributed by atoms with Gasteiger partial charge in [-0.05, 0) is 54.2 Å². The van der Waals surface area contributed by atoms with Gasteiger partial charge in [-0.3, -0.25) is 9.80 Å². The maximum atomic E-state index is 13.0. The molecule has 2 amide bonds. The summed E-state index contributed by atoms with van der Waals surface area (Å²) in [5, 5.41) is 9.18. The zero-order valence-electron chi connectivity index (χ0n) is 15.1. The smallest absolute Gasteiger partial charge is 0.329 e. The number of anilines is 2. The van der Waals surface area contributed by atoms with Gasteiger partial charge in [-0.25, -0.2) is 4.79 Å². The fourth-order valence-electron chi connectivity index (χ4n) is 4.18. The first kappa shape index (κ1) is 17.1. The lowest BCUT2D eigenvalue weighted by Crippen LogP contribution is -2.31. The standard InChI is InChI=1S/C22H26N2O2/c25-16-17-9-11-20(12-10-17)23-13-14-24(22(23)26)21-8-4-7-19(15-21)18-5-2-1-3-6-18/h4,7-12,15,18,25H,1-3,5-6,13-14,16H2. The van der Waals surface area contributed by atoms with Crippen molar-refractivity contribution in [1.29, 1.82) is 0 Å². The molecule has 136 valence electrons. The molecule has 0 unspecified atom stereocenters. The van der Waals surface area contributed by atoms with E-state index in [4.69, 9.17) is 0 Å². The van der Waals surface area contributed by atoms with Gasteiger partial charge in [0.1, 0.15) is 0 Å². The summed E-state index contributed by atoms with van der Waals surface area (Å²) in [6.45, 7) is 1.41. The predicted molar refractivity (Wildman–Crippen MR) is 105 cm³/mol. The SMILES string of the molecule is O=C1N(c2ccc(CO)cc2)CCN1c1cccc(C2CCCCC2)c1. The summed E-state index contributed by atoms with van der Waals surface area (Å²) < 4.78 is 0. The summed E-state index contributed by atoms with van der Waals surface area (Å²) in [5.41, 5.74) is 4.13. The number of carbonyl (C=O) groups excluding carboxylic acids is 1. The second-order valence-electron chi connectivity index (χ2n) is 7.34. The number of urea groups is 1. The molecule has 1 saturated carbocycles. The monoisotopic (exact) mass is 350 g/mol. The number of aliphatic hydroxyl groups excluding tert-OH is 1. The largest absolute Gasteiger partial charge is 0.392 e. The first-order valence-electron chi connectivity index (χ1n) is 9.65. The quantitative estimate of drug-likeness (QED) is 0.870. The second-order valence-corrected chi connectivity index (χ2v) is 7.34. The lowest BCUT2D eigenvalue weighted by molar-refractivity contribution is 0.256. The molecule has 1 aliphatic heterocycles. The van der Waals surface area contributed by atoms with Crippen LogP contribution in [-0.4, -0.2) is 24.2 Å². The van der Waals surface area contributed by atoms with Gasteiger partial charge in [0.25, 0.3) is 0 Å². The summed E-state index contributed by atoms with van der Waals surface area (Å²) in [5.74, 6) is 0.642. The van der Waals surface area contributed by atoms with Crippen molar-refractivity contribution in [3.05, 3.63) is 59.7 Å². The number of carbonyl (C=O) groups is 1. The van der Waals surface area contributed by atoms with Crippen LogP contribution < -0.4 is 9.80 Å². The van der Waals surface area contributed by atoms with E-state index in [1.165, 1.54) is 37.7 Å². The lowest BCUT2D eigenvalue weighted by Gasteiger charge is -2.24. The first-order valence-corrected chi connectivity index (χ1v) is 9.65. The molecule has 2 fully saturated rings. The summed E-state index contributed by atoms with van der Waals surface area (Å²) in [6, 6.07) is 16.1. The minimum absolute atomic E-state index is 0.0221. The average molecular weight is 350 g/mol. The van der Waals surface area contributed by atoms with E-state index in [9.17, 15) is 9.90 Å². The zero-order chi connectivity index (χ0) is 17.9. The molecule has 0 bridgehead atoms. The van der Waals surface area contributed by atoms with Crippen LogP contribution in [0, 0.1) is 0 Å². The van der Waals surface area contributed by atoms with E-state index < -0.39 is 0 Å². The minimum Gasteiger partial charge on any atom is -0.392 e. The van der Waals surface area contributed by atoms with Gasteiger partial charge in [0.15, 0.2) is 0 Å². The first-order chi connectivity index (χ1) is 12.8. The van der Waals surface area contributed by atoms with Gasteiger partial charge in [-0.2, -0.15) is 0 Å². The highest BCUT2D eigenvalue weighted by molar-refractivity contribution is 6.06. The molecule has 4 nitrogen and oxygen atoms in total.